The van der Waals surface area contributed by atoms with Gasteiger partial charge < -0.3 is 4.57 Å². The predicted molar refractivity (Wildman–Crippen MR) is 164 cm³/mol. The van der Waals surface area contributed by atoms with E-state index in [1.54, 1.807) is 6.08 Å². The highest BCUT2D eigenvalue weighted by Crippen LogP contribution is 2.42. The second kappa shape index (κ2) is 10.6. The van der Waals surface area contributed by atoms with Gasteiger partial charge in [0, 0.05) is 11.3 Å². The summed E-state index contributed by atoms with van der Waals surface area (Å²) in [7, 11) is 0. The van der Waals surface area contributed by atoms with Gasteiger partial charge in [0.25, 0.3) is 0 Å². The standard InChI is InChI=1S/C37H30N2O/c1-27-22-23-29-14-12-13-21-33(29)36(27)35(40)25-24-34-28(2)39(26-38-34)37(30-15-6-3-7-16-30,31-17-8-4-9-18-31)32-19-10-5-11-20-32/h3-26H,1-2H3. The number of nitrogens with zero attached hydrogens (tertiary/aromatic N) is 2. The van der Waals surface area contributed by atoms with Crippen LogP contribution in [0, 0.1) is 13.8 Å². The Morgan fingerprint density at radius 2 is 1.20 bits per heavy atom. The molecule has 1 aromatic heterocycles. The van der Waals surface area contributed by atoms with Crippen LogP contribution in [0.25, 0.3) is 16.8 Å². The summed E-state index contributed by atoms with van der Waals surface area (Å²) >= 11 is 0. The molecule has 6 aromatic rings. The Kier molecular flexibility index (Phi) is 6.71. The van der Waals surface area contributed by atoms with Crippen molar-refractivity contribution >= 4 is 22.6 Å². The van der Waals surface area contributed by atoms with Crippen molar-refractivity contribution in [3.05, 3.63) is 179 Å². The number of hydrogen-bond acceptors (Lipinski definition) is 2. The van der Waals surface area contributed by atoms with E-state index in [4.69, 9.17) is 4.98 Å². The molecule has 0 saturated carbocycles. The molecule has 0 N–H and O–H groups in total. The van der Waals surface area contributed by atoms with Gasteiger partial charge >= 0.3 is 0 Å². The van der Waals surface area contributed by atoms with Crippen LogP contribution >= 0.6 is 0 Å². The van der Waals surface area contributed by atoms with Crippen LogP contribution in [0.15, 0.2) is 140 Å². The summed E-state index contributed by atoms with van der Waals surface area (Å²) in [6.07, 6.45) is 5.40. The van der Waals surface area contributed by atoms with Gasteiger partial charge in [0.2, 0.25) is 0 Å². The van der Waals surface area contributed by atoms with Gasteiger partial charge in [-0.25, -0.2) is 4.98 Å². The fourth-order valence-electron chi connectivity index (χ4n) is 5.83. The maximum absolute atomic E-state index is 13.5. The van der Waals surface area contributed by atoms with Crippen molar-refractivity contribution in [3.8, 4) is 0 Å². The van der Waals surface area contributed by atoms with Gasteiger partial charge in [-0.05, 0) is 59.0 Å². The van der Waals surface area contributed by atoms with Crippen molar-refractivity contribution in [2.45, 2.75) is 19.4 Å². The van der Waals surface area contributed by atoms with Crippen LogP contribution in [0.4, 0.5) is 0 Å². The summed E-state index contributed by atoms with van der Waals surface area (Å²) in [5.41, 5.74) is 6.17. The molecule has 6 rings (SSSR count). The summed E-state index contributed by atoms with van der Waals surface area (Å²) in [4.78, 5) is 18.3. The van der Waals surface area contributed by atoms with E-state index in [1.807, 2.05) is 67.9 Å². The third kappa shape index (κ3) is 4.26. The van der Waals surface area contributed by atoms with Gasteiger partial charge in [0.05, 0.1) is 12.0 Å². The molecule has 0 radical (unpaired) electrons. The largest absolute Gasteiger partial charge is 0.316 e. The average molecular weight is 519 g/mol. The molecule has 0 fully saturated rings. The van der Waals surface area contributed by atoms with Crippen LogP contribution in [0.2, 0.25) is 0 Å². The highest BCUT2D eigenvalue weighted by atomic mass is 16.1. The third-order valence-corrected chi connectivity index (χ3v) is 7.76. The molecule has 194 valence electrons. The maximum atomic E-state index is 13.5. The lowest BCUT2D eigenvalue weighted by Crippen LogP contribution is -2.38. The summed E-state index contributed by atoms with van der Waals surface area (Å²) in [6, 6.07) is 43.7. The number of ketones is 1. The molecule has 0 aliphatic rings. The predicted octanol–water partition coefficient (Wildman–Crippen LogP) is 8.39. The van der Waals surface area contributed by atoms with Crippen molar-refractivity contribution in [3.63, 3.8) is 0 Å². The molecule has 0 aliphatic carbocycles. The molecule has 3 heteroatoms. The van der Waals surface area contributed by atoms with E-state index in [2.05, 4.69) is 90.4 Å². The Morgan fingerprint density at radius 3 is 1.77 bits per heavy atom. The summed E-state index contributed by atoms with van der Waals surface area (Å²) in [5, 5.41) is 2.03. The SMILES string of the molecule is Cc1ccc2ccccc2c1C(=O)C=Cc1ncn(C(c2ccccc2)(c2ccccc2)c2ccccc2)c1C. The van der Waals surface area contributed by atoms with Gasteiger partial charge in [0.1, 0.15) is 5.54 Å². The van der Waals surface area contributed by atoms with E-state index in [-0.39, 0.29) is 5.78 Å². The molecular formula is C37H30N2O. The number of aryl methyl sites for hydroxylation is 1. The number of hydrogen-bond donors (Lipinski definition) is 0. The number of carbonyl (C=O) groups excluding carboxylic acids is 1. The van der Waals surface area contributed by atoms with E-state index in [9.17, 15) is 4.79 Å². The van der Waals surface area contributed by atoms with E-state index in [1.165, 1.54) is 0 Å². The van der Waals surface area contributed by atoms with Crippen molar-refractivity contribution < 1.29 is 4.79 Å². The monoisotopic (exact) mass is 518 g/mol. The van der Waals surface area contributed by atoms with E-state index in [0.29, 0.717) is 0 Å². The Morgan fingerprint density at radius 1 is 0.675 bits per heavy atom. The summed E-state index contributed by atoms with van der Waals surface area (Å²) in [6.45, 7) is 4.06. The first-order valence-corrected chi connectivity index (χ1v) is 13.5. The number of carbonyl (C=O) groups is 1. The second-order valence-electron chi connectivity index (χ2n) is 10.1. The van der Waals surface area contributed by atoms with Crippen molar-refractivity contribution in [1.29, 1.82) is 0 Å². The van der Waals surface area contributed by atoms with Gasteiger partial charge in [-0.3, -0.25) is 4.79 Å². The topological polar surface area (TPSA) is 34.9 Å². The van der Waals surface area contributed by atoms with Crippen LogP contribution < -0.4 is 0 Å². The van der Waals surface area contributed by atoms with Crippen LogP contribution in [0.1, 0.15) is 44.0 Å². The summed E-state index contributed by atoms with van der Waals surface area (Å²) in [5.74, 6) is -0.0244. The van der Waals surface area contributed by atoms with Gasteiger partial charge in [0.15, 0.2) is 5.78 Å². The Balaban J connectivity index is 1.50. The average Bonchev–Trinajstić information content (AvgIpc) is 3.38. The van der Waals surface area contributed by atoms with Crippen molar-refractivity contribution in [1.82, 2.24) is 9.55 Å². The zero-order valence-electron chi connectivity index (χ0n) is 22.7. The Bertz CT molecular complexity index is 1720. The molecule has 0 saturated heterocycles. The van der Waals surface area contributed by atoms with E-state index in [0.717, 1.165) is 50.0 Å². The number of aromatic nitrogens is 2. The van der Waals surface area contributed by atoms with E-state index >= 15 is 0 Å². The van der Waals surface area contributed by atoms with Gasteiger partial charge in [-0.1, -0.05) is 127 Å². The second-order valence-corrected chi connectivity index (χ2v) is 10.1. The minimum atomic E-state index is -0.650. The lowest BCUT2D eigenvalue weighted by molar-refractivity contribution is 0.104. The number of benzene rings is 5. The summed E-state index contributed by atoms with van der Waals surface area (Å²) < 4.78 is 2.24. The minimum absolute atomic E-state index is 0.0244. The normalized spacial score (nSPS) is 11.8. The first-order chi connectivity index (χ1) is 19.6. The molecule has 0 unspecified atom stereocenters. The molecule has 0 amide bonds. The molecule has 0 bridgehead atoms. The Hall–Kier alpha value is -5.02. The fraction of sp³-hybridized carbons (Fsp3) is 0.0811. The zero-order chi connectivity index (χ0) is 27.5. The molecule has 0 aliphatic heterocycles. The number of allylic oxidation sites excluding steroid dienone is 1. The molecule has 0 spiro atoms. The third-order valence-electron chi connectivity index (χ3n) is 7.76. The maximum Gasteiger partial charge on any atom is 0.186 e. The van der Waals surface area contributed by atoms with Gasteiger partial charge in [-0.15, -0.1) is 0 Å². The van der Waals surface area contributed by atoms with Crippen LogP contribution in [-0.2, 0) is 5.54 Å². The highest BCUT2D eigenvalue weighted by molar-refractivity contribution is 6.15. The first-order valence-electron chi connectivity index (χ1n) is 13.5. The van der Waals surface area contributed by atoms with Crippen molar-refractivity contribution in [2.75, 3.05) is 0 Å². The lowest BCUT2D eigenvalue weighted by atomic mass is 9.76. The Labute approximate surface area is 235 Å². The molecule has 0 atom stereocenters. The van der Waals surface area contributed by atoms with Crippen LogP contribution in [-0.4, -0.2) is 15.3 Å². The molecule has 40 heavy (non-hydrogen) atoms. The molecule has 3 nitrogen and oxygen atoms in total. The van der Waals surface area contributed by atoms with Crippen molar-refractivity contribution in [2.24, 2.45) is 0 Å². The number of imidazole rings is 1. The quantitative estimate of drug-likeness (QED) is 0.121. The first kappa shape index (κ1) is 25.3. The molecular weight excluding hydrogens is 488 g/mol. The minimum Gasteiger partial charge on any atom is -0.316 e. The fourth-order valence-corrected chi connectivity index (χ4v) is 5.83. The highest BCUT2D eigenvalue weighted by Gasteiger charge is 2.39. The number of fused-ring (bicyclic) bond motifs is 1. The van der Waals surface area contributed by atoms with Gasteiger partial charge in [-0.2, -0.15) is 0 Å². The zero-order valence-corrected chi connectivity index (χ0v) is 22.7. The smallest absolute Gasteiger partial charge is 0.186 e. The molecule has 5 aromatic carbocycles. The van der Waals surface area contributed by atoms with Crippen LogP contribution in [0.5, 0.6) is 0 Å². The lowest BCUT2D eigenvalue weighted by Gasteiger charge is -2.38. The van der Waals surface area contributed by atoms with Crippen LogP contribution in [0.3, 0.4) is 0 Å². The number of rotatable bonds is 7. The van der Waals surface area contributed by atoms with E-state index < -0.39 is 5.54 Å². The molecule has 1 heterocycles.